The summed E-state index contributed by atoms with van der Waals surface area (Å²) in [5, 5.41) is 0. The lowest BCUT2D eigenvalue weighted by Gasteiger charge is -2.37. The molecule has 0 radical (unpaired) electrons. The summed E-state index contributed by atoms with van der Waals surface area (Å²) in [5.74, 6) is -0.0753. The van der Waals surface area contributed by atoms with Gasteiger partial charge in [-0.1, -0.05) is 34.8 Å². The molecule has 3 nitrogen and oxygen atoms in total. The standard InChI is InChI=1S/C16H18BrNO2/c1-11-12(17)5-4-6-13(11)18-14(19)9-16(10-15(18)20)7-2-3-8-16/h4-6H,2-3,7-10H2,1H3. The summed E-state index contributed by atoms with van der Waals surface area (Å²) in [4.78, 5) is 26.4. The van der Waals surface area contributed by atoms with Crippen molar-refractivity contribution in [3.63, 3.8) is 0 Å². The van der Waals surface area contributed by atoms with Gasteiger partial charge in [-0.15, -0.1) is 0 Å². The number of imide groups is 1. The van der Waals surface area contributed by atoms with E-state index in [1.54, 1.807) is 0 Å². The number of nitrogens with zero attached hydrogens (tertiary/aromatic N) is 1. The number of carbonyl (C=O) groups is 2. The van der Waals surface area contributed by atoms with E-state index < -0.39 is 0 Å². The second kappa shape index (κ2) is 4.99. The van der Waals surface area contributed by atoms with Gasteiger partial charge < -0.3 is 0 Å². The summed E-state index contributed by atoms with van der Waals surface area (Å²) in [6.07, 6.45) is 5.38. The molecule has 0 aromatic heterocycles. The molecule has 2 aliphatic rings. The number of anilines is 1. The summed E-state index contributed by atoms with van der Waals surface area (Å²) in [7, 11) is 0. The second-order valence-electron chi connectivity index (χ2n) is 6.07. The zero-order valence-corrected chi connectivity index (χ0v) is 13.2. The molecule has 4 heteroatoms. The van der Waals surface area contributed by atoms with Crippen molar-refractivity contribution in [2.24, 2.45) is 5.41 Å². The molecular formula is C16H18BrNO2. The third-order valence-electron chi connectivity index (χ3n) is 4.70. The predicted octanol–water partition coefficient (Wildman–Crippen LogP) is 3.97. The first kappa shape index (κ1) is 13.8. The van der Waals surface area contributed by atoms with Crippen LogP contribution in [0.3, 0.4) is 0 Å². The molecule has 106 valence electrons. The van der Waals surface area contributed by atoms with Crippen LogP contribution in [0.2, 0.25) is 0 Å². The van der Waals surface area contributed by atoms with Crippen molar-refractivity contribution < 1.29 is 9.59 Å². The fourth-order valence-electron chi connectivity index (χ4n) is 3.59. The zero-order valence-electron chi connectivity index (χ0n) is 11.6. The minimum absolute atomic E-state index is 0.0371. The molecule has 0 atom stereocenters. The maximum atomic E-state index is 12.5. The van der Waals surface area contributed by atoms with Crippen molar-refractivity contribution in [3.05, 3.63) is 28.2 Å². The first-order valence-electron chi connectivity index (χ1n) is 7.13. The van der Waals surface area contributed by atoms with Crippen molar-refractivity contribution in [1.29, 1.82) is 0 Å². The smallest absolute Gasteiger partial charge is 0.234 e. The van der Waals surface area contributed by atoms with E-state index in [2.05, 4.69) is 15.9 Å². The van der Waals surface area contributed by atoms with Crippen LogP contribution in [-0.4, -0.2) is 11.8 Å². The maximum absolute atomic E-state index is 12.5. The third kappa shape index (κ3) is 2.20. The average Bonchev–Trinajstić information content (AvgIpc) is 2.81. The number of benzene rings is 1. The number of halogens is 1. The Labute approximate surface area is 127 Å². The molecular weight excluding hydrogens is 318 g/mol. The molecule has 1 aromatic rings. The Morgan fingerprint density at radius 3 is 2.30 bits per heavy atom. The molecule has 0 unspecified atom stereocenters. The molecule has 2 fully saturated rings. The van der Waals surface area contributed by atoms with Crippen LogP contribution in [0.5, 0.6) is 0 Å². The van der Waals surface area contributed by atoms with Crippen LogP contribution < -0.4 is 4.90 Å². The minimum Gasteiger partial charge on any atom is -0.274 e. The summed E-state index contributed by atoms with van der Waals surface area (Å²) in [6.45, 7) is 1.93. The number of hydrogen-bond acceptors (Lipinski definition) is 2. The summed E-state index contributed by atoms with van der Waals surface area (Å²) in [5.41, 5.74) is 1.63. The molecule has 1 saturated heterocycles. The van der Waals surface area contributed by atoms with E-state index in [-0.39, 0.29) is 17.2 Å². The summed E-state index contributed by atoms with van der Waals surface area (Å²) < 4.78 is 0.928. The highest BCUT2D eigenvalue weighted by atomic mass is 79.9. The van der Waals surface area contributed by atoms with Gasteiger partial charge in [0.25, 0.3) is 0 Å². The van der Waals surface area contributed by atoms with E-state index in [1.165, 1.54) is 4.90 Å². The Hall–Kier alpha value is -1.16. The monoisotopic (exact) mass is 335 g/mol. The van der Waals surface area contributed by atoms with E-state index in [0.29, 0.717) is 12.8 Å². The molecule has 1 aromatic carbocycles. The molecule has 0 N–H and O–H groups in total. The number of amides is 2. The fraction of sp³-hybridized carbons (Fsp3) is 0.500. The van der Waals surface area contributed by atoms with Gasteiger partial charge in [0, 0.05) is 17.3 Å². The van der Waals surface area contributed by atoms with Gasteiger partial charge in [0.05, 0.1) is 5.69 Å². The van der Waals surface area contributed by atoms with Crippen molar-refractivity contribution >= 4 is 33.4 Å². The van der Waals surface area contributed by atoms with Crippen LogP contribution in [0.4, 0.5) is 5.69 Å². The lowest BCUT2D eigenvalue weighted by Crippen LogP contribution is -2.47. The molecule has 1 saturated carbocycles. The van der Waals surface area contributed by atoms with Gasteiger partial charge in [0.15, 0.2) is 0 Å². The highest BCUT2D eigenvalue weighted by molar-refractivity contribution is 9.10. The van der Waals surface area contributed by atoms with Gasteiger partial charge in [-0.2, -0.15) is 0 Å². The molecule has 1 heterocycles. The lowest BCUT2D eigenvalue weighted by molar-refractivity contribution is -0.133. The summed E-state index contributed by atoms with van der Waals surface area (Å²) in [6, 6.07) is 5.64. The van der Waals surface area contributed by atoms with Crippen LogP contribution in [0.25, 0.3) is 0 Å². The Kier molecular flexibility index (Phi) is 3.44. The van der Waals surface area contributed by atoms with Crippen LogP contribution >= 0.6 is 15.9 Å². The Bertz CT molecular complexity index is 556. The first-order valence-corrected chi connectivity index (χ1v) is 7.93. The van der Waals surface area contributed by atoms with E-state index in [4.69, 9.17) is 0 Å². The van der Waals surface area contributed by atoms with Crippen LogP contribution in [0.1, 0.15) is 44.1 Å². The largest absolute Gasteiger partial charge is 0.274 e. The average molecular weight is 336 g/mol. The van der Waals surface area contributed by atoms with E-state index in [1.807, 2.05) is 25.1 Å². The summed E-state index contributed by atoms with van der Waals surface area (Å²) >= 11 is 3.46. The number of hydrogen-bond donors (Lipinski definition) is 0. The predicted molar refractivity (Wildman–Crippen MR) is 81.5 cm³/mol. The number of rotatable bonds is 1. The van der Waals surface area contributed by atoms with E-state index in [0.717, 1.165) is 41.4 Å². The first-order chi connectivity index (χ1) is 9.52. The Balaban J connectivity index is 1.94. The van der Waals surface area contributed by atoms with Crippen LogP contribution in [0.15, 0.2) is 22.7 Å². The highest BCUT2D eigenvalue weighted by Gasteiger charge is 2.45. The number of carbonyl (C=O) groups excluding carboxylic acids is 2. The lowest BCUT2D eigenvalue weighted by atomic mass is 9.76. The Morgan fingerprint density at radius 2 is 1.70 bits per heavy atom. The molecule has 1 spiro atoms. The van der Waals surface area contributed by atoms with Gasteiger partial charge in [0.2, 0.25) is 11.8 Å². The van der Waals surface area contributed by atoms with Gasteiger partial charge in [0.1, 0.15) is 0 Å². The molecule has 2 amide bonds. The van der Waals surface area contributed by atoms with Gasteiger partial charge in [-0.3, -0.25) is 14.5 Å². The van der Waals surface area contributed by atoms with Crippen molar-refractivity contribution in [2.75, 3.05) is 4.90 Å². The molecule has 0 bridgehead atoms. The third-order valence-corrected chi connectivity index (χ3v) is 5.55. The number of piperidine rings is 1. The Morgan fingerprint density at radius 1 is 1.10 bits per heavy atom. The highest BCUT2D eigenvalue weighted by Crippen LogP contribution is 2.47. The minimum atomic E-state index is -0.0376. The van der Waals surface area contributed by atoms with Crippen LogP contribution in [0, 0.1) is 12.3 Å². The van der Waals surface area contributed by atoms with Gasteiger partial charge >= 0.3 is 0 Å². The van der Waals surface area contributed by atoms with Crippen molar-refractivity contribution in [2.45, 2.75) is 45.4 Å². The molecule has 1 aliphatic carbocycles. The molecule has 3 rings (SSSR count). The van der Waals surface area contributed by atoms with E-state index in [9.17, 15) is 9.59 Å². The van der Waals surface area contributed by atoms with Gasteiger partial charge in [-0.05, 0) is 42.9 Å². The zero-order chi connectivity index (χ0) is 14.3. The maximum Gasteiger partial charge on any atom is 0.234 e. The topological polar surface area (TPSA) is 37.4 Å². The van der Waals surface area contributed by atoms with Crippen LogP contribution in [-0.2, 0) is 9.59 Å². The van der Waals surface area contributed by atoms with Crippen molar-refractivity contribution in [1.82, 2.24) is 0 Å². The quantitative estimate of drug-likeness (QED) is 0.728. The second-order valence-corrected chi connectivity index (χ2v) is 6.92. The molecule has 1 aliphatic heterocycles. The SMILES string of the molecule is Cc1c(Br)cccc1N1C(=O)CC2(CCCC2)CC1=O. The molecule has 20 heavy (non-hydrogen) atoms. The fourth-order valence-corrected chi connectivity index (χ4v) is 3.94. The van der Waals surface area contributed by atoms with Gasteiger partial charge in [-0.25, -0.2) is 0 Å². The van der Waals surface area contributed by atoms with Crippen molar-refractivity contribution in [3.8, 4) is 0 Å². The normalized spacial score (nSPS) is 21.8. The van der Waals surface area contributed by atoms with E-state index >= 15 is 0 Å².